The Morgan fingerprint density at radius 1 is 1.37 bits per heavy atom. The minimum atomic E-state index is -0.277. The number of benzene rings is 1. The highest BCUT2D eigenvalue weighted by Crippen LogP contribution is 2.14. The largest absolute Gasteiger partial charge is 0.469 e. The van der Waals surface area contributed by atoms with E-state index < -0.39 is 0 Å². The lowest BCUT2D eigenvalue weighted by Gasteiger charge is -2.27. The van der Waals surface area contributed by atoms with Crippen LogP contribution in [0.2, 0.25) is 0 Å². The number of rotatable bonds is 4. The fourth-order valence-corrected chi connectivity index (χ4v) is 2.03. The average molecular weight is 263 g/mol. The first-order valence-electron chi connectivity index (χ1n) is 6.20. The van der Waals surface area contributed by atoms with Gasteiger partial charge < -0.3 is 14.4 Å². The maximum absolute atomic E-state index is 11.7. The summed E-state index contributed by atoms with van der Waals surface area (Å²) in [6.07, 6.45) is 0.227. The summed E-state index contributed by atoms with van der Waals surface area (Å²) in [4.78, 5) is 24.8. The zero-order chi connectivity index (χ0) is 13.7. The van der Waals surface area contributed by atoms with Gasteiger partial charge in [-0.25, -0.2) is 0 Å². The van der Waals surface area contributed by atoms with E-state index in [1.807, 2.05) is 24.3 Å². The van der Waals surface area contributed by atoms with E-state index in [0.717, 1.165) is 11.1 Å². The molecule has 0 unspecified atom stereocenters. The van der Waals surface area contributed by atoms with Gasteiger partial charge in [0.05, 0.1) is 20.1 Å². The van der Waals surface area contributed by atoms with Gasteiger partial charge in [0.1, 0.15) is 6.61 Å². The molecule has 19 heavy (non-hydrogen) atoms. The standard InChI is InChI=1S/C14H17NO4/c1-18-14(17)8-11-4-2-3-5-12(11)9-15-6-7-19-10-13(15)16/h2-5H,6-10H2,1H3. The number of nitrogens with zero attached hydrogens (tertiary/aromatic N) is 1. The monoisotopic (exact) mass is 263 g/mol. The van der Waals surface area contributed by atoms with Crippen LogP contribution in [0.1, 0.15) is 11.1 Å². The summed E-state index contributed by atoms with van der Waals surface area (Å²) in [6, 6.07) is 7.60. The van der Waals surface area contributed by atoms with Crippen molar-refractivity contribution in [3.05, 3.63) is 35.4 Å². The van der Waals surface area contributed by atoms with Crippen molar-refractivity contribution in [2.24, 2.45) is 0 Å². The molecule has 1 saturated heterocycles. The lowest BCUT2D eigenvalue weighted by Crippen LogP contribution is -2.41. The maximum Gasteiger partial charge on any atom is 0.309 e. The molecule has 1 heterocycles. The number of hydrogen-bond donors (Lipinski definition) is 0. The van der Waals surface area contributed by atoms with Crippen LogP contribution in [-0.2, 0) is 32.0 Å². The van der Waals surface area contributed by atoms with Gasteiger partial charge in [-0.1, -0.05) is 24.3 Å². The highest BCUT2D eigenvalue weighted by atomic mass is 16.5. The van der Waals surface area contributed by atoms with Crippen molar-refractivity contribution in [3.8, 4) is 0 Å². The summed E-state index contributed by atoms with van der Waals surface area (Å²) in [6.45, 7) is 1.80. The molecule has 0 atom stereocenters. The molecule has 0 aliphatic carbocycles. The molecule has 0 N–H and O–H groups in total. The molecule has 1 fully saturated rings. The predicted octanol–water partition coefficient (Wildman–Crippen LogP) is 0.761. The number of carbonyl (C=O) groups excluding carboxylic acids is 2. The molecule has 1 aromatic rings. The van der Waals surface area contributed by atoms with Gasteiger partial charge in [-0.15, -0.1) is 0 Å². The fourth-order valence-electron chi connectivity index (χ4n) is 2.03. The zero-order valence-electron chi connectivity index (χ0n) is 10.9. The Morgan fingerprint density at radius 2 is 2.11 bits per heavy atom. The van der Waals surface area contributed by atoms with Crippen molar-refractivity contribution in [1.82, 2.24) is 4.90 Å². The van der Waals surface area contributed by atoms with E-state index in [-0.39, 0.29) is 24.9 Å². The molecule has 0 saturated carbocycles. The average Bonchev–Trinajstić information content (AvgIpc) is 2.43. The molecule has 1 amide bonds. The van der Waals surface area contributed by atoms with Gasteiger partial charge in [-0.2, -0.15) is 0 Å². The molecule has 0 bridgehead atoms. The van der Waals surface area contributed by atoms with Crippen LogP contribution in [-0.4, -0.2) is 43.6 Å². The lowest BCUT2D eigenvalue weighted by atomic mass is 10.0. The third-order valence-corrected chi connectivity index (χ3v) is 3.13. The lowest BCUT2D eigenvalue weighted by molar-refractivity contribution is -0.143. The van der Waals surface area contributed by atoms with Gasteiger partial charge in [0.15, 0.2) is 0 Å². The van der Waals surface area contributed by atoms with Gasteiger partial charge in [-0.3, -0.25) is 9.59 Å². The second kappa shape index (κ2) is 6.33. The van der Waals surface area contributed by atoms with E-state index in [2.05, 4.69) is 4.74 Å². The first-order chi connectivity index (χ1) is 9.20. The van der Waals surface area contributed by atoms with E-state index in [1.165, 1.54) is 7.11 Å². The highest BCUT2D eigenvalue weighted by molar-refractivity contribution is 5.78. The molecular formula is C14H17NO4. The fraction of sp³-hybridized carbons (Fsp3) is 0.429. The Bertz CT molecular complexity index is 472. The van der Waals surface area contributed by atoms with Crippen LogP contribution in [0, 0.1) is 0 Å². The minimum absolute atomic E-state index is 0.0147. The van der Waals surface area contributed by atoms with Gasteiger partial charge in [0.2, 0.25) is 5.91 Å². The number of esters is 1. The topological polar surface area (TPSA) is 55.8 Å². The van der Waals surface area contributed by atoms with Crippen LogP contribution in [0.5, 0.6) is 0 Å². The van der Waals surface area contributed by atoms with Crippen LogP contribution in [0.3, 0.4) is 0 Å². The summed E-state index contributed by atoms with van der Waals surface area (Å²) in [5.41, 5.74) is 1.87. The number of carbonyl (C=O) groups is 2. The summed E-state index contributed by atoms with van der Waals surface area (Å²) in [5.74, 6) is -0.292. The van der Waals surface area contributed by atoms with Crippen LogP contribution in [0.4, 0.5) is 0 Å². The van der Waals surface area contributed by atoms with Crippen LogP contribution < -0.4 is 0 Å². The molecule has 2 rings (SSSR count). The van der Waals surface area contributed by atoms with E-state index in [4.69, 9.17) is 4.74 Å². The number of hydrogen-bond acceptors (Lipinski definition) is 4. The Morgan fingerprint density at radius 3 is 2.79 bits per heavy atom. The van der Waals surface area contributed by atoms with Gasteiger partial charge >= 0.3 is 5.97 Å². The van der Waals surface area contributed by atoms with E-state index in [1.54, 1.807) is 4.90 Å². The highest BCUT2D eigenvalue weighted by Gasteiger charge is 2.19. The quantitative estimate of drug-likeness (QED) is 0.753. The summed E-state index contributed by atoms with van der Waals surface area (Å²) < 4.78 is 9.78. The van der Waals surface area contributed by atoms with E-state index >= 15 is 0 Å². The molecule has 102 valence electrons. The number of amides is 1. The molecule has 0 spiro atoms. The predicted molar refractivity (Wildman–Crippen MR) is 68.4 cm³/mol. The second-order valence-corrected chi connectivity index (χ2v) is 4.39. The van der Waals surface area contributed by atoms with Crippen molar-refractivity contribution in [2.45, 2.75) is 13.0 Å². The summed E-state index contributed by atoms with van der Waals surface area (Å²) in [5, 5.41) is 0. The minimum Gasteiger partial charge on any atom is -0.469 e. The first kappa shape index (κ1) is 13.5. The van der Waals surface area contributed by atoms with Crippen molar-refractivity contribution < 1.29 is 19.1 Å². The Balaban J connectivity index is 2.10. The molecule has 1 aliphatic rings. The first-order valence-corrected chi connectivity index (χ1v) is 6.20. The van der Waals surface area contributed by atoms with Crippen LogP contribution in [0.25, 0.3) is 0 Å². The van der Waals surface area contributed by atoms with Crippen LogP contribution in [0.15, 0.2) is 24.3 Å². The van der Waals surface area contributed by atoms with Crippen molar-refractivity contribution in [2.75, 3.05) is 26.9 Å². The molecule has 0 radical (unpaired) electrons. The van der Waals surface area contributed by atoms with E-state index in [9.17, 15) is 9.59 Å². The SMILES string of the molecule is COC(=O)Cc1ccccc1CN1CCOCC1=O. The van der Waals surface area contributed by atoms with Crippen LogP contribution >= 0.6 is 0 Å². The maximum atomic E-state index is 11.7. The normalized spacial score (nSPS) is 15.4. The van der Waals surface area contributed by atoms with Gasteiger partial charge in [0.25, 0.3) is 0 Å². The number of morpholine rings is 1. The van der Waals surface area contributed by atoms with Crippen molar-refractivity contribution in [1.29, 1.82) is 0 Å². The van der Waals surface area contributed by atoms with E-state index in [0.29, 0.717) is 19.7 Å². The number of ether oxygens (including phenoxy) is 2. The van der Waals surface area contributed by atoms with Crippen molar-refractivity contribution in [3.63, 3.8) is 0 Å². The Hall–Kier alpha value is -1.88. The third-order valence-electron chi connectivity index (χ3n) is 3.13. The Labute approximate surface area is 112 Å². The molecule has 1 aromatic carbocycles. The van der Waals surface area contributed by atoms with Crippen molar-refractivity contribution >= 4 is 11.9 Å². The second-order valence-electron chi connectivity index (χ2n) is 4.39. The summed E-state index contributed by atoms with van der Waals surface area (Å²) >= 11 is 0. The summed E-state index contributed by atoms with van der Waals surface area (Å²) in [7, 11) is 1.37. The Kier molecular flexibility index (Phi) is 4.52. The molecule has 5 heteroatoms. The number of methoxy groups -OCH3 is 1. The zero-order valence-corrected chi connectivity index (χ0v) is 10.9. The molecule has 5 nitrogen and oxygen atoms in total. The third kappa shape index (κ3) is 3.54. The smallest absolute Gasteiger partial charge is 0.309 e. The molecule has 1 aliphatic heterocycles. The molecular weight excluding hydrogens is 246 g/mol. The van der Waals surface area contributed by atoms with Gasteiger partial charge in [-0.05, 0) is 11.1 Å². The molecule has 0 aromatic heterocycles. The van der Waals surface area contributed by atoms with Gasteiger partial charge in [0, 0.05) is 13.1 Å².